The molecule has 0 amide bonds. The summed E-state index contributed by atoms with van der Waals surface area (Å²) in [6.45, 7) is 9.09. The highest BCUT2D eigenvalue weighted by Crippen LogP contribution is 2.63. The van der Waals surface area contributed by atoms with E-state index in [4.69, 9.17) is 0 Å². The van der Waals surface area contributed by atoms with Gasteiger partial charge in [-0.25, -0.2) is 0 Å². The molecule has 0 aromatic carbocycles. The third-order valence-electron chi connectivity index (χ3n) is 5.14. The first-order valence-corrected chi connectivity index (χ1v) is 6.97. The van der Waals surface area contributed by atoms with Crippen LogP contribution in [0.4, 0.5) is 0 Å². The van der Waals surface area contributed by atoms with Crippen molar-refractivity contribution in [1.29, 1.82) is 0 Å². The maximum Gasteiger partial charge on any atom is 0.0731 e. The molecular weight excluding hydrogens is 212 g/mol. The summed E-state index contributed by atoms with van der Waals surface area (Å²) in [5, 5.41) is 20.8. The van der Waals surface area contributed by atoms with Gasteiger partial charge in [0.2, 0.25) is 0 Å². The number of hydrogen-bond acceptors (Lipinski definition) is 2. The summed E-state index contributed by atoms with van der Waals surface area (Å²) in [6, 6.07) is 0. The summed E-state index contributed by atoms with van der Waals surface area (Å²) in [7, 11) is 0. The highest BCUT2D eigenvalue weighted by Gasteiger charge is 2.61. The minimum absolute atomic E-state index is 0.142. The van der Waals surface area contributed by atoms with Gasteiger partial charge < -0.3 is 10.2 Å². The van der Waals surface area contributed by atoms with E-state index in [1.165, 1.54) is 6.42 Å². The monoisotopic (exact) mass is 240 g/mol. The molecule has 2 N–H and O–H groups in total. The fraction of sp³-hybridized carbons (Fsp3) is 1.00. The van der Waals surface area contributed by atoms with Crippen molar-refractivity contribution in [2.75, 3.05) is 6.61 Å². The lowest BCUT2D eigenvalue weighted by atomic mass is 9.45. The van der Waals surface area contributed by atoms with Crippen molar-refractivity contribution in [2.45, 2.75) is 71.8 Å². The molecule has 100 valence electrons. The van der Waals surface area contributed by atoms with Gasteiger partial charge in [0.15, 0.2) is 0 Å². The molecule has 0 bridgehead atoms. The lowest BCUT2D eigenvalue weighted by molar-refractivity contribution is -0.221. The van der Waals surface area contributed by atoms with Crippen molar-refractivity contribution in [3.8, 4) is 0 Å². The zero-order chi connectivity index (χ0) is 12.9. The molecular formula is C15H28O2. The van der Waals surface area contributed by atoms with Crippen LogP contribution in [0.2, 0.25) is 0 Å². The van der Waals surface area contributed by atoms with Gasteiger partial charge in [0.25, 0.3) is 0 Å². The van der Waals surface area contributed by atoms with Crippen LogP contribution in [0.5, 0.6) is 0 Å². The average molecular weight is 240 g/mol. The van der Waals surface area contributed by atoms with Crippen LogP contribution in [0.15, 0.2) is 0 Å². The van der Waals surface area contributed by atoms with E-state index in [2.05, 4.69) is 27.7 Å². The second kappa shape index (κ2) is 3.71. The van der Waals surface area contributed by atoms with Crippen LogP contribution in [0.1, 0.15) is 66.2 Å². The van der Waals surface area contributed by atoms with Crippen molar-refractivity contribution in [2.24, 2.45) is 16.2 Å². The van der Waals surface area contributed by atoms with Crippen LogP contribution in [0, 0.1) is 16.2 Å². The molecule has 1 atom stereocenters. The lowest BCUT2D eigenvalue weighted by Crippen LogP contribution is -2.62. The third-order valence-corrected chi connectivity index (χ3v) is 5.14. The van der Waals surface area contributed by atoms with E-state index in [1.54, 1.807) is 0 Å². The van der Waals surface area contributed by atoms with Gasteiger partial charge in [-0.05, 0) is 42.9 Å². The predicted octanol–water partition coefficient (Wildman–Crippen LogP) is 3.12. The minimum atomic E-state index is -0.640. The molecule has 0 spiro atoms. The van der Waals surface area contributed by atoms with Gasteiger partial charge in [0, 0.05) is 5.41 Å². The van der Waals surface area contributed by atoms with Crippen molar-refractivity contribution in [1.82, 2.24) is 0 Å². The molecule has 2 aliphatic carbocycles. The summed E-state index contributed by atoms with van der Waals surface area (Å²) in [5.41, 5.74) is -0.359. The van der Waals surface area contributed by atoms with Crippen LogP contribution in [-0.2, 0) is 0 Å². The van der Waals surface area contributed by atoms with Gasteiger partial charge in [-0.1, -0.05) is 34.1 Å². The molecule has 2 nitrogen and oxygen atoms in total. The van der Waals surface area contributed by atoms with E-state index in [0.29, 0.717) is 5.41 Å². The van der Waals surface area contributed by atoms with E-state index >= 15 is 0 Å². The van der Waals surface area contributed by atoms with Crippen molar-refractivity contribution < 1.29 is 10.2 Å². The maximum absolute atomic E-state index is 11.0. The topological polar surface area (TPSA) is 40.5 Å². The van der Waals surface area contributed by atoms with E-state index in [-0.39, 0.29) is 17.4 Å². The van der Waals surface area contributed by atoms with Crippen LogP contribution in [-0.4, -0.2) is 22.4 Å². The Bertz CT molecular complexity index is 298. The molecule has 0 radical (unpaired) electrons. The molecule has 17 heavy (non-hydrogen) atoms. The predicted molar refractivity (Wildman–Crippen MR) is 69.7 cm³/mol. The molecule has 2 heteroatoms. The summed E-state index contributed by atoms with van der Waals surface area (Å²) in [4.78, 5) is 0. The molecule has 0 aromatic rings. The van der Waals surface area contributed by atoms with E-state index in [0.717, 1.165) is 32.1 Å². The Labute approximate surface area is 105 Å². The van der Waals surface area contributed by atoms with Crippen LogP contribution in [0.25, 0.3) is 0 Å². The standard InChI is InChI=1S/C15H28O2/c1-12(2)6-5-7-15(17,10-12)14(11-16)8-13(3,4)9-14/h16-17H,5-11H2,1-4H3. The van der Waals surface area contributed by atoms with Gasteiger partial charge in [0.1, 0.15) is 0 Å². The van der Waals surface area contributed by atoms with Crippen molar-refractivity contribution >= 4 is 0 Å². The molecule has 1 unspecified atom stereocenters. The fourth-order valence-corrected chi connectivity index (χ4v) is 4.65. The first-order chi connectivity index (χ1) is 7.64. The van der Waals surface area contributed by atoms with Crippen LogP contribution >= 0.6 is 0 Å². The molecule has 2 saturated carbocycles. The zero-order valence-electron chi connectivity index (χ0n) is 11.8. The second-order valence-electron chi connectivity index (χ2n) is 8.18. The Hall–Kier alpha value is -0.0800. The summed E-state index contributed by atoms with van der Waals surface area (Å²) in [5.74, 6) is 0. The Morgan fingerprint density at radius 2 is 1.47 bits per heavy atom. The zero-order valence-corrected chi connectivity index (χ0v) is 11.8. The largest absolute Gasteiger partial charge is 0.396 e. The fourth-order valence-electron chi connectivity index (χ4n) is 4.65. The number of rotatable bonds is 2. The van der Waals surface area contributed by atoms with Gasteiger partial charge in [-0.3, -0.25) is 0 Å². The van der Waals surface area contributed by atoms with Gasteiger partial charge in [0.05, 0.1) is 12.2 Å². The molecule has 2 aliphatic rings. The Morgan fingerprint density at radius 1 is 0.882 bits per heavy atom. The third kappa shape index (κ3) is 2.15. The second-order valence-corrected chi connectivity index (χ2v) is 8.18. The highest BCUT2D eigenvalue weighted by atomic mass is 16.3. The van der Waals surface area contributed by atoms with Gasteiger partial charge in [-0.15, -0.1) is 0 Å². The van der Waals surface area contributed by atoms with Crippen molar-refractivity contribution in [3.63, 3.8) is 0 Å². The molecule has 0 saturated heterocycles. The minimum Gasteiger partial charge on any atom is -0.396 e. The summed E-state index contributed by atoms with van der Waals surface area (Å²) < 4.78 is 0. The number of hydrogen-bond donors (Lipinski definition) is 2. The molecule has 0 heterocycles. The van der Waals surface area contributed by atoms with Gasteiger partial charge >= 0.3 is 0 Å². The smallest absolute Gasteiger partial charge is 0.0731 e. The van der Waals surface area contributed by atoms with E-state index in [1.807, 2.05) is 0 Å². The Morgan fingerprint density at radius 3 is 1.88 bits per heavy atom. The Balaban J connectivity index is 2.20. The van der Waals surface area contributed by atoms with E-state index < -0.39 is 5.60 Å². The SMILES string of the molecule is CC1(C)CCCC(O)(C2(CO)CC(C)(C)C2)C1. The molecule has 0 aromatic heterocycles. The molecule has 2 rings (SSSR count). The van der Waals surface area contributed by atoms with Gasteiger partial charge in [-0.2, -0.15) is 0 Å². The average Bonchev–Trinajstić information content (AvgIpc) is 2.10. The normalized spacial score (nSPS) is 38.5. The first kappa shape index (κ1) is 13.4. The van der Waals surface area contributed by atoms with Crippen LogP contribution < -0.4 is 0 Å². The molecule has 0 aliphatic heterocycles. The summed E-state index contributed by atoms with van der Waals surface area (Å²) in [6.07, 6.45) is 5.92. The quantitative estimate of drug-likeness (QED) is 0.778. The Kier molecular flexibility index (Phi) is 2.91. The number of aliphatic hydroxyl groups is 2. The van der Waals surface area contributed by atoms with Crippen molar-refractivity contribution in [3.05, 3.63) is 0 Å². The number of aliphatic hydroxyl groups excluding tert-OH is 1. The first-order valence-electron chi connectivity index (χ1n) is 6.97. The summed E-state index contributed by atoms with van der Waals surface area (Å²) >= 11 is 0. The molecule has 2 fully saturated rings. The maximum atomic E-state index is 11.0. The highest BCUT2D eigenvalue weighted by molar-refractivity contribution is 5.12. The van der Waals surface area contributed by atoms with E-state index in [9.17, 15) is 10.2 Å². The lowest BCUT2D eigenvalue weighted by Gasteiger charge is -2.62. The van der Waals surface area contributed by atoms with Crippen LogP contribution in [0.3, 0.4) is 0 Å².